The van der Waals surface area contributed by atoms with Crippen LogP contribution in [0, 0.1) is 0 Å². The van der Waals surface area contributed by atoms with Crippen molar-refractivity contribution in [1.82, 2.24) is 4.90 Å². The number of fused-ring (bicyclic) bond motifs is 1. The van der Waals surface area contributed by atoms with E-state index in [1.165, 1.54) is 0 Å². The van der Waals surface area contributed by atoms with Crippen LogP contribution >= 0.6 is 0 Å². The maximum atomic E-state index is 10.8. The lowest BCUT2D eigenvalue weighted by atomic mass is 9.94. The molecule has 1 atom stereocenters. The summed E-state index contributed by atoms with van der Waals surface area (Å²) in [6.45, 7) is 0. The van der Waals surface area contributed by atoms with Gasteiger partial charge < -0.3 is 10.0 Å². The Balaban J connectivity index is 2.18. The molecule has 0 aromatic rings. The van der Waals surface area contributed by atoms with Crippen LogP contribution in [0.15, 0.2) is 12.0 Å². The van der Waals surface area contributed by atoms with Gasteiger partial charge in [-0.3, -0.25) is 4.79 Å². The van der Waals surface area contributed by atoms with Crippen molar-refractivity contribution in [3.05, 3.63) is 12.0 Å². The molecule has 1 amide bonds. The van der Waals surface area contributed by atoms with Crippen molar-refractivity contribution in [1.29, 1.82) is 0 Å². The van der Waals surface area contributed by atoms with E-state index in [1.807, 2.05) is 0 Å². The smallest absolute Gasteiger partial charge is 0.228 e. The minimum absolute atomic E-state index is 0.135. The highest BCUT2D eigenvalue weighted by Gasteiger charge is 2.36. The van der Waals surface area contributed by atoms with Crippen LogP contribution in [0.2, 0.25) is 0 Å². The topological polar surface area (TPSA) is 40.5 Å². The number of hydrogen-bond donors (Lipinski definition) is 1. The van der Waals surface area contributed by atoms with Gasteiger partial charge in [0, 0.05) is 25.1 Å². The van der Waals surface area contributed by atoms with E-state index in [4.69, 9.17) is 5.11 Å². The molecule has 1 N–H and O–H groups in total. The number of aliphatic hydroxyl groups is 1. The SMILES string of the molecule is O=C1C[C@@H]2CCC(O)=CN12. The van der Waals surface area contributed by atoms with Gasteiger partial charge in [0.05, 0.1) is 0 Å². The van der Waals surface area contributed by atoms with Gasteiger partial charge in [-0.05, 0) is 6.42 Å². The molecule has 2 aliphatic rings. The minimum Gasteiger partial charge on any atom is -0.511 e. The lowest BCUT2D eigenvalue weighted by Gasteiger charge is -2.40. The summed E-state index contributed by atoms with van der Waals surface area (Å²) in [6, 6.07) is 0.392. The fourth-order valence-electron chi connectivity index (χ4n) is 1.45. The summed E-state index contributed by atoms with van der Waals surface area (Å²) >= 11 is 0. The Bertz CT molecular complexity index is 210. The first-order valence-corrected chi connectivity index (χ1v) is 3.48. The van der Waals surface area contributed by atoms with Crippen LogP contribution in [0.3, 0.4) is 0 Å². The maximum Gasteiger partial charge on any atom is 0.228 e. The predicted octanol–water partition coefficient (Wildman–Crippen LogP) is 0.780. The van der Waals surface area contributed by atoms with Crippen molar-refractivity contribution in [2.45, 2.75) is 25.3 Å². The Morgan fingerprint density at radius 1 is 1.70 bits per heavy atom. The predicted molar refractivity (Wildman–Crippen MR) is 35.2 cm³/mol. The van der Waals surface area contributed by atoms with Crippen molar-refractivity contribution in [3.63, 3.8) is 0 Å². The van der Waals surface area contributed by atoms with Crippen molar-refractivity contribution in [2.24, 2.45) is 0 Å². The molecule has 0 unspecified atom stereocenters. The monoisotopic (exact) mass is 139 g/mol. The quantitative estimate of drug-likeness (QED) is 0.504. The number of rotatable bonds is 0. The number of β-lactam (4-membered cyclic amide) rings is 1. The van der Waals surface area contributed by atoms with Crippen molar-refractivity contribution >= 4 is 5.91 Å². The molecule has 3 nitrogen and oxygen atoms in total. The second-order valence-electron chi connectivity index (χ2n) is 2.82. The van der Waals surface area contributed by atoms with Crippen molar-refractivity contribution < 1.29 is 9.90 Å². The van der Waals surface area contributed by atoms with E-state index < -0.39 is 0 Å². The molecule has 0 aliphatic carbocycles. The molecule has 0 aromatic heterocycles. The van der Waals surface area contributed by atoms with E-state index in [-0.39, 0.29) is 5.91 Å². The molecular formula is C7H9NO2. The summed E-state index contributed by atoms with van der Waals surface area (Å²) in [5, 5.41) is 9.02. The minimum atomic E-state index is 0.135. The van der Waals surface area contributed by atoms with E-state index >= 15 is 0 Å². The first-order valence-electron chi connectivity index (χ1n) is 3.48. The van der Waals surface area contributed by atoms with Gasteiger partial charge in [-0.2, -0.15) is 0 Å². The average Bonchev–Trinajstić information content (AvgIpc) is 1.92. The number of carbonyl (C=O) groups excluding carboxylic acids is 1. The molecule has 54 valence electrons. The molecule has 2 aliphatic heterocycles. The molecule has 0 aromatic carbocycles. The first-order chi connectivity index (χ1) is 4.77. The first kappa shape index (κ1) is 5.77. The molecule has 0 spiro atoms. The fourth-order valence-corrected chi connectivity index (χ4v) is 1.45. The highest BCUT2D eigenvalue weighted by molar-refractivity contribution is 5.84. The van der Waals surface area contributed by atoms with Gasteiger partial charge >= 0.3 is 0 Å². The third-order valence-electron chi connectivity index (χ3n) is 2.11. The zero-order chi connectivity index (χ0) is 7.14. The highest BCUT2D eigenvalue weighted by Crippen LogP contribution is 2.29. The lowest BCUT2D eigenvalue weighted by molar-refractivity contribution is -0.142. The molecule has 0 bridgehead atoms. The number of nitrogens with zero attached hydrogens (tertiary/aromatic N) is 1. The Labute approximate surface area is 58.9 Å². The van der Waals surface area contributed by atoms with Crippen molar-refractivity contribution in [3.8, 4) is 0 Å². The number of carbonyl (C=O) groups is 1. The molecule has 0 saturated carbocycles. The van der Waals surface area contributed by atoms with Gasteiger partial charge in [-0.15, -0.1) is 0 Å². The summed E-state index contributed by atoms with van der Waals surface area (Å²) in [4.78, 5) is 12.4. The molecule has 3 heteroatoms. The van der Waals surface area contributed by atoms with Gasteiger partial charge in [0.2, 0.25) is 5.91 Å². The second kappa shape index (κ2) is 1.75. The fraction of sp³-hybridized carbons (Fsp3) is 0.571. The van der Waals surface area contributed by atoms with E-state index in [0.717, 1.165) is 12.8 Å². The van der Waals surface area contributed by atoms with Crippen LogP contribution in [-0.2, 0) is 4.79 Å². The Morgan fingerprint density at radius 2 is 2.50 bits per heavy atom. The van der Waals surface area contributed by atoms with Gasteiger partial charge in [0.15, 0.2) is 0 Å². The number of aliphatic hydroxyl groups excluding tert-OH is 1. The second-order valence-corrected chi connectivity index (χ2v) is 2.82. The van der Waals surface area contributed by atoms with E-state index in [9.17, 15) is 4.79 Å². The summed E-state index contributed by atoms with van der Waals surface area (Å²) in [5.41, 5.74) is 0. The number of hydrogen-bond acceptors (Lipinski definition) is 2. The Hall–Kier alpha value is -0.990. The summed E-state index contributed by atoms with van der Waals surface area (Å²) < 4.78 is 0. The third-order valence-corrected chi connectivity index (χ3v) is 2.11. The molecule has 10 heavy (non-hydrogen) atoms. The molecular weight excluding hydrogens is 130 g/mol. The van der Waals surface area contributed by atoms with E-state index in [2.05, 4.69) is 0 Å². The zero-order valence-electron chi connectivity index (χ0n) is 5.58. The summed E-state index contributed by atoms with van der Waals surface area (Å²) in [6.07, 6.45) is 3.88. The molecule has 1 fully saturated rings. The standard InChI is InChI=1S/C7H9NO2/c9-6-2-1-5-3-7(10)8(5)4-6/h4-5,9H,1-3H2/t5-/m0/s1. The Kier molecular flexibility index (Phi) is 1.01. The van der Waals surface area contributed by atoms with E-state index in [1.54, 1.807) is 11.1 Å². The van der Waals surface area contributed by atoms with Gasteiger partial charge in [-0.1, -0.05) is 0 Å². The average molecular weight is 139 g/mol. The molecule has 2 heterocycles. The zero-order valence-corrected chi connectivity index (χ0v) is 5.58. The van der Waals surface area contributed by atoms with Gasteiger partial charge in [0.25, 0.3) is 0 Å². The van der Waals surface area contributed by atoms with Crippen LogP contribution in [0.4, 0.5) is 0 Å². The number of amides is 1. The van der Waals surface area contributed by atoms with Gasteiger partial charge in [0.1, 0.15) is 5.76 Å². The molecule has 0 radical (unpaired) electrons. The molecule has 1 saturated heterocycles. The lowest BCUT2D eigenvalue weighted by Crippen LogP contribution is -2.50. The van der Waals surface area contributed by atoms with Crippen LogP contribution in [0.5, 0.6) is 0 Å². The van der Waals surface area contributed by atoms with Gasteiger partial charge in [-0.25, -0.2) is 0 Å². The highest BCUT2D eigenvalue weighted by atomic mass is 16.3. The maximum absolute atomic E-state index is 10.8. The van der Waals surface area contributed by atoms with Crippen molar-refractivity contribution in [2.75, 3.05) is 0 Å². The normalized spacial score (nSPS) is 30.8. The van der Waals surface area contributed by atoms with Crippen LogP contribution in [-0.4, -0.2) is 22.0 Å². The largest absolute Gasteiger partial charge is 0.511 e. The van der Waals surface area contributed by atoms with Crippen LogP contribution in [0.1, 0.15) is 19.3 Å². The van der Waals surface area contributed by atoms with E-state index in [0.29, 0.717) is 18.2 Å². The third kappa shape index (κ3) is 0.632. The Morgan fingerprint density at radius 3 is 3.10 bits per heavy atom. The number of allylic oxidation sites excluding steroid dienone is 1. The molecule has 2 rings (SSSR count). The van der Waals surface area contributed by atoms with Crippen LogP contribution < -0.4 is 0 Å². The summed E-state index contributed by atoms with van der Waals surface area (Å²) in [7, 11) is 0. The van der Waals surface area contributed by atoms with Crippen LogP contribution in [0.25, 0.3) is 0 Å². The summed E-state index contributed by atoms with van der Waals surface area (Å²) in [5.74, 6) is 0.473.